The summed E-state index contributed by atoms with van der Waals surface area (Å²) in [5, 5.41) is 9.76. The minimum atomic E-state index is -3.46. The van der Waals surface area contributed by atoms with Gasteiger partial charge in [0.05, 0.1) is 25.3 Å². The number of ether oxygens (including phenoxy) is 1. The summed E-state index contributed by atoms with van der Waals surface area (Å²) in [6.45, 7) is 5.58. The number of aliphatic hydroxyl groups is 1. The molecule has 0 aromatic heterocycles. The van der Waals surface area contributed by atoms with Crippen molar-refractivity contribution in [3.8, 4) is 5.75 Å². The van der Waals surface area contributed by atoms with Gasteiger partial charge in [-0.2, -0.15) is 0 Å². The Balaban J connectivity index is 1.91. The van der Waals surface area contributed by atoms with Gasteiger partial charge < -0.3 is 14.7 Å². The zero-order valence-corrected chi connectivity index (χ0v) is 21.1. The zero-order chi connectivity index (χ0) is 24.9. The van der Waals surface area contributed by atoms with Crippen molar-refractivity contribution in [2.45, 2.75) is 39.0 Å². The van der Waals surface area contributed by atoms with Gasteiger partial charge in [0, 0.05) is 36.8 Å². The van der Waals surface area contributed by atoms with Gasteiger partial charge in [-0.25, -0.2) is 8.42 Å². The Kier molecular flexibility index (Phi) is 8.57. The molecule has 0 radical (unpaired) electrons. The van der Waals surface area contributed by atoms with E-state index in [1.807, 2.05) is 32.2 Å². The van der Waals surface area contributed by atoms with Gasteiger partial charge in [0.25, 0.3) is 0 Å². The Morgan fingerprint density at radius 3 is 2.59 bits per heavy atom. The van der Waals surface area contributed by atoms with Crippen LogP contribution in [0.25, 0.3) is 0 Å². The molecule has 0 bridgehead atoms. The molecule has 1 aliphatic heterocycles. The fraction of sp³-hybridized carbons (Fsp3) is 0.480. The van der Waals surface area contributed by atoms with Crippen molar-refractivity contribution in [3.63, 3.8) is 0 Å². The van der Waals surface area contributed by atoms with Crippen molar-refractivity contribution in [3.05, 3.63) is 59.7 Å². The van der Waals surface area contributed by atoms with E-state index < -0.39 is 10.0 Å². The number of aliphatic hydroxyl groups excluding tert-OH is 1. The average Bonchev–Trinajstić information content (AvgIpc) is 2.81. The third-order valence-electron chi connectivity index (χ3n) is 6.01. The highest BCUT2D eigenvalue weighted by Crippen LogP contribution is 2.29. The third-order valence-corrected chi connectivity index (χ3v) is 6.61. The van der Waals surface area contributed by atoms with Crippen molar-refractivity contribution in [1.82, 2.24) is 9.80 Å². The first-order valence-corrected chi connectivity index (χ1v) is 13.3. The molecule has 8 nitrogen and oxygen atoms in total. The van der Waals surface area contributed by atoms with Crippen molar-refractivity contribution >= 4 is 21.6 Å². The summed E-state index contributed by atoms with van der Waals surface area (Å²) in [5.74, 6) is 0.430. The Morgan fingerprint density at radius 2 is 1.94 bits per heavy atom. The number of hydrogen-bond acceptors (Lipinski definition) is 6. The number of likely N-dealkylation sites (N-methyl/N-ethyl adjacent to an activating group) is 1. The molecule has 1 heterocycles. The van der Waals surface area contributed by atoms with E-state index in [4.69, 9.17) is 4.74 Å². The van der Waals surface area contributed by atoms with E-state index in [1.165, 1.54) is 5.56 Å². The minimum Gasteiger partial charge on any atom is -0.488 e. The van der Waals surface area contributed by atoms with E-state index in [0.29, 0.717) is 30.1 Å². The molecular formula is C25H35N3O5S. The van der Waals surface area contributed by atoms with E-state index in [2.05, 4.69) is 28.7 Å². The minimum absolute atomic E-state index is 0.00376. The van der Waals surface area contributed by atoms with Crippen LogP contribution in [0.3, 0.4) is 0 Å². The van der Waals surface area contributed by atoms with Crippen molar-refractivity contribution in [2.75, 3.05) is 37.7 Å². The maximum absolute atomic E-state index is 13.2. The number of rotatable bonds is 8. The number of amides is 1. The Bertz CT molecular complexity index is 1080. The lowest BCUT2D eigenvalue weighted by molar-refractivity contribution is -0.134. The van der Waals surface area contributed by atoms with Crippen LogP contribution in [-0.2, 0) is 27.8 Å². The molecule has 2 N–H and O–H groups in total. The molecule has 3 rings (SSSR count). The molecule has 2 aromatic carbocycles. The molecule has 0 unspecified atom stereocenters. The standard InChI is InChI=1S/C25H35N3O5S/c1-18-14-28(19(2)17-29)25(30)13-21-12-22(26-34(4,31)32)10-11-23(21)33-24(18)16-27(3)15-20-8-6-5-7-9-20/h5-12,18-19,24,26,29H,13-17H2,1-4H3/t18-,19+,24-/m0/s1. The van der Waals surface area contributed by atoms with E-state index in [9.17, 15) is 18.3 Å². The highest BCUT2D eigenvalue weighted by Gasteiger charge is 2.31. The lowest BCUT2D eigenvalue weighted by Crippen LogP contribution is -2.47. The lowest BCUT2D eigenvalue weighted by Gasteiger charge is -2.34. The summed E-state index contributed by atoms with van der Waals surface area (Å²) in [5.41, 5.74) is 2.19. The molecule has 0 saturated carbocycles. The molecule has 0 fully saturated rings. The van der Waals surface area contributed by atoms with Gasteiger partial charge in [0.2, 0.25) is 15.9 Å². The Hall–Kier alpha value is -2.62. The van der Waals surface area contributed by atoms with Crippen molar-refractivity contribution < 1.29 is 23.1 Å². The molecule has 186 valence electrons. The van der Waals surface area contributed by atoms with Gasteiger partial charge >= 0.3 is 0 Å². The Morgan fingerprint density at radius 1 is 1.24 bits per heavy atom. The molecule has 34 heavy (non-hydrogen) atoms. The maximum Gasteiger partial charge on any atom is 0.229 e. The fourth-order valence-electron chi connectivity index (χ4n) is 4.19. The number of nitrogens with one attached hydrogen (secondary N) is 1. The molecular weight excluding hydrogens is 454 g/mol. The van der Waals surface area contributed by atoms with Crippen LogP contribution in [0.15, 0.2) is 48.5 Å². The number of nitrogens with zero attached hydrogens (tertiary/aromatic N) is 2. The number of carbonyl (C=O) groups is 1. The summed E-state index contributed by atoms with van der Waals surface area (Å²) in [6, 6.07) is 14.9. The first kappa shape index (κ1) is 26.0. The molecule has 1 aliphatic rings. The van der Waals surface area contributed by atoms with Crippen LogP contribution in [0.1, 0.15) is 25.0 Å². The van der Waals surface area contributed by atoms with E-state index in [0.717, 1.165) is 12.8 Å². The second kappa shape index (κ2) is 11.2. The van der Waals surface area contributed by atoms with Crippen LogP contribution in [0.4, 0.5) is 5.69 Å². The van der Waals surface area contributed by atoms with Crippen LogP contribution in [0, 0.1) is 5.92 Å². The van der Waals surface area contributed by atoms with E-state index in [1.54, 1.807) is 23.1 Å². The first-order valence-electron chi connectivity index (χ1n) is 11.5. The monoisotopic (exact) mass is 489 g/mol. The third kappa shape index (κ3) is 7.19. The summed E-state index contributed by atoms with van der Waals surface area (Å²) >= 11 is 0. The second-order valence-electron chi connectivity index (χ2n) is 9.27. The first-order chi connectivity index (χ1) is 16.1. The maximum atomic E-state index is 13.2. The van der Waals surface area contributed by atoms with E-state index >= 15 is 0 Å². The molecule has 0 saturated heterocycles. The van der Waals surface area contributed by atoms with Gasteiger partial charge in [-0.1, -0.05) is 37.3 Å². The smallest absolute Gasteiger partial charge is 0.229 e. The highest BCUT2D eigenvalue weighted by molar-refractivity contribution is 7.92. The SMILES string of the molecule is C[C@H](CO)N1C[C@H](C)[C@H](CN(C)Cc2ccccc2)Oc2ccc(NS(C)(=O)=O)cc2CC1=O. The predicted molar refractivity (Wildman–Crippen MR) is 133 cm³/mol. The van der Waals surface area contributed by atoms with Crippen LogP contribution in [-0.4, -0.2) is 74.4 Å². The highest BCUT2D eigenvalue weighted by atomic mass is 32.2. The quantitative estimate of drug-likeness (QED) is 0.591. The van der Waals surface area contributed by atoms with Crippen LogP contribution in [0.2, 0.25) is 0 Å². The van der Waals surface area contributed by atoms with Crippen LogP contribution >= 0.6 is 0 Å². The molecule has 9 heteroatoms. The molecule has 2 aromatic rings. The van der Waals surface area contributed by atoms with Gasteiger partial charge in [-0.3, -0.25) is 14.4 Å². The van der Waals surface area contributed by atoms with Gasteiger partial charge in [0.1, 0.15) is 11.9 Å². The Labute approximate surface area is 202 Å². The van der Waals surface area contributed by atoms with Crippen molar-refractivity contribution in [2.24, 2.45) is 5.92 Å². The van der Waals surface area contributed by atoms with Crippen LogP contribution in [0.5, 0.6) is 5.75 Å². The number of hydrogen-bond donors (Lipinski definition) is 2. The molecule has 0 spiro atoms. The summed E-state index contributed by atoms with van der Waals surface area (Å²) < 4.78 is 32.4. The lowest BCUT2D eigenvalue weighted by atomic mass is 10.0. The van der Waals surface area contributed by atoms with Gasteiger partial charge in [0.15, 0.2) is 0 Å². The molecule has 0 aliphatic carbocycles. The summed E-state index contributed by atoms with van der Waals surface area (Å²) in [6.07, 6.45) is 0.917. The molecule has 3 atom stereocenters. The average molecular weight is 490 g/mol. The topological polar surface area (TPSA) is 99.2 Å². The van der Waals surface area contributed by atoms with Crippen LogP contribution < -0.4 is 9.46 Å². The number of sulfonamides is 1. The van der Waals surface area contributed by atoms with Gasteiger partial charge in [-0.05, 0) is 37.7 Å². The number of carbonyl (C=O) groups excluding carboxylic acids is 1. The number of benzene rings is 2. The van der Waals surface area contributed by atoms with Gasteiger partial charge in [-0.15, -0.1) is 0 Å². The summed E-state index contributed by atoms with van der Waals surface area (Å²) in [7, 11) is -1.42. The number of fused-ring (bicyclic) bond motifs is 1. The molecule has 1 amide bonds. The largest absolute Gasteiger partial charge is 0.488 e. The second-order valence-corrected chi connectivity index (χ2v) is 11.0. The fourth-order valence-corrected chi connectivity index (χ4v) is 4.75. The summed E-state index contributed by atoms with van der Waals surface area (Å²) in [4.78, 5) is 17.1. The number of anilines is 1. The normalized spacial score (nSPS) is 20.1. The zero-order valence-electron chi connectivity index (χ0n) is 20.3. The van der Waals surface area contributed by atoms with Crippen molar-refractivity contribution in [1.29, 1.82) is 0 Å². The predicted octanol–water partition coefficient (Wildman–Crippen LogP) is 2.34. The van der Waals surface area contributed by atoms with E-state index in [-0.39, 0.29) is 37.0 Å².